The number of hydrogen-bond donors (Lipinski definition) is 3. The molecule has 0 aliphatic heterocycles. The Hall–Kier alpha value is -3.11. The van der Waals surface area contributed by atoms with E-state index in [9.17, 15) is 0 Å². The predicted octanol–water partition coefficient (Wildman–Crippen LogP) is 4.19. The summed E-state index contributed by atoms with van der Waals surface area (Å²) in [6.07, 6.45) is 2.04. The van der Waals surface area contributed by atoms with E-state index in [1.165, 1.54) is 11.1 Å². The number of rotatable bonds is 5. The third kappa shape index (κ3) is 4.68. The van der Waals surface area contributed by atoms with Gasteiger partial charge in [0.2, 0.25) is 0 Å². The quantitative estimate of drug-likeness (QED) is 0.369. The van der Waals surface area contributed by atoms with Gasteiger partial charge in [-0.2, -0.15) is 0 Å². The maximum absolute atomic E-state index is 5.54. The molecule has 0 fully saturated rings. The number of hydrogen-bond acceptors (Lipinski definition) is 2. The molecular formula is C21H19N3S. The summed E-state index contributed by atoms with van der Waals surface area (Å²) in [5, 5.41) is 0.194. The van der Waals surface area contributed by atoms with Crippen molar-refractivity contribution in [2.24, 2.45) is 5.73 Å². The molecule has 0 saturated carbocycles. The molecule has 0 atom stereocenters. The van der Waals surface area contributed by atoms with Crippen LogP contribution in [0.2, 0.25) is 0 Å². The van der Waals surface area contributed by atoms with Crippen LogP contribution in [-0.2, 0) is 0 Å². The van der Waals surface area contributed by atoms with E-state index in [1.807, 2.05) is 54.6 Å². The first kappa shape index (κ1) is 16.7. The van der Waals surface area contributed by atoms with Gasteiger partial charge in [0.05, 0.1) is 5.70 Å². The zero-order valence-corrected chi connectivity index (χ0v) is 14.5. The van der Waals surface area contributed by atoms with Crippen molar-refractivity contribution in [1.29, 1.82) is 0 Å². The van der Waals surface area contributed by atoms with Crippen molar-refractivity contribution >= 4 is 29.1 Å². The number of benzene rings is 3. The van der Waals surface area contributed by atoms with Gasteiger partial charge in [-0.1, -0.05) is 84.9 Å². The van der Waals surface area contributed by atoms with Crippen LogP contribution in [0.1, 0.15) is 11.1 Å². The molecule has 0 bridgehead atoms. The first-order chi connectivity index (χ1) is 12.2. The van der Waals surface area contributed by atoms with Crippen molar-refractivity contribution in [1.82, 2.24) is 10.9 Å². The third-order valence-corrected chi connectivity index (χ3v) is 3.84. The Kier molecular flexibility index (Phi) is 5.44. The minimum absolute atomic E-state index is 0.194. The van der Waals surface area contributed by atoms with Crippen molar-refractivity contribution in [3.8, 4) is 11.1 Å². The fourth-order valence-corrected chi connectivity index (χ4v) is 2.56. The largest absolute Gasteiger partial charge is 0.375 e. The van der Waals surface area contributed by atoms with Crippen LogP contribution >= 0.6 is 12.2 Å². The monoisotopic (exact) mass is 345 g/mol. The van der Waals surface area contributed by atoms with E-state index in [4.69, 9.17) is 18.0 Å². The SMILES string of the molecule is NC(=S)NN/C(=C\c1ccccc1)c1ccc(-c2ccccc2)cc1. The summed E-state index contributed by atoms with van der Waals surface area (Å²) in [4.78, 5) is 0. The standard InChI is InChI=1S/C21H19N3S/c22-21(25)24-23-20(15-16-7-3-1-4-8-16)19-13-11-18(12-14-19)17-9-5-2-6-10-17/h1-15,23H,(H3,22,24,25)/b20-15-. The summed E-state index contributed by atoms with van der Waals surface area (Å²) in [5.41, 5.74) is 16.8. The molecular weight excluding hydrogens is 326 g/mol. The molecule has 0 heterocycles. The van der Waals surface area contributed by atoms with Gasteiger partial charge in [0, 0.05) is 0 Å². The molecule has 0 spiro atoms. The maximum atomic E-state index is 5.54. The first-order valence-electron chi connectivity index (χ1n) is 7.96. The average molecular weight is 345 g/mol. The van der Waals surface area contributed by atoms with Crippen LogP contribution in [0, 0.1) is 0 Å². The van der Waals surface area contributed by atoms with Crippen molar-refractivity contribution in [2.45, 2.75) is 0 Å². The number of nitrogens with two attached hydrogens (primary N) is 1. The van der Waals surface area contributed by atoms with Crippen molar-refractivity contribution in [3.63, 3.8) is 0 Å². The van der Waals surface area contributed by atoms with Crippen LogP contribution in [0.5, 0.6) is 0 Å². The van der Waals surface area contributed by atoms with Gasteiger partial charge in [0.15, 0.2) is 5.11 Å². The summed E-state index contributed by atoms with van der Waals surface area (Å²) in [6, 6.07) is 28.7. The minimum atomic E-state index is 0.194. The molecule has 3 aromatic carbocycles. The Morgan fingerprint density at radius 1 is 0.720 bits per heavy atom. The van der Waals surface area contributed by atoms with Crippen LogP contribution in [0.4, 0.5) is 0 Å². The number of hydrazine groups is 1. The lowest BCUT2D eigenvalue weighted by Crippen LogP contribution is -2.39. The highest BCUT2D eigenvalue weighted by atomic mass is 32.1. The summed E-state index contributed by atoms with van der Waals surface area (Å²) in [6.45, 7) is 0. The van der Waals surface area contributed by atoms with Gasteiger partial charge in [0.1, 0.15) is 0 Å². The summed E-state index contributed by atoms with van der Waals surface area (Å²) in [5.74, 6) is 0. The van der Waals surface area contributed by atoms with Crippen molar-refractivity contribution in [3.05, 3.63) is 96.1 Å². The van der Waals surface area contributed by atoms with Gasteiger partial charge >= 0.3 is 0 Å². The van der Waals surface area contributed by atoms with Crippen LogP contribution in [0.3, 0.4) is 0 Å². The highest BCUT2D eigenvalue weighted by Gasteiger charge is 2.04. The second kappa shape index (κ2) is 8.13. The molecule has 25 heavy (non-hydrogen) atoms. The van der Waals surface area contributed by atoms with Crippen molar-refractivity contribution in [2.75, 3.05) is 0 Å². The highest BCUT2D eigenvalue weighted by Crippen LogP contribution is 2.22. The van der Waals surface area contributed by atoms with E-state index >= 15 is 0 Å². The molecule has 4 N–H and O–H groups in total. The van der Waals surface area contributed by atoms with Gasteiger partial charge in [-0.15, -0.1) is 0 Å². The minimum Gasteiger partial charge on any atom is -0.375 e. The van der Waals surface area contributed by atoms with E-state index in [-0.39, 0.29) is 5.11 Å². The normalized spacial score (nSPS) is 11.0. The average Bonchev–Trinajstić information content (AvgIpc) is 2.67. The topological polar surface area (TPSA) is 50.1 Å². The van der Waals surface area contributed by atoms with Crippen LogP contribution in [-0.4, -0.2) is 5.11 Å². The summed E-state index contributed by atoms with van der Waals surface area (Å²) in [7, 11) is 0. The van der Waals surface area contributed by atoms with E-state index in [0.29, 0.717) is 0 Å². The van der Waals surface area contributed by atoms with Gasteiger partial charge in [-0.3, -0.25) is 10.9 Å². The molecule has 3 nitrogen and oxygen atoms in total. The van der Waals surface area contributed by atoms with Gasteiger partial charge in [-0.05, 0) is 40.5 Å². The molecule has 124 valence electrons. The molecule has 3 aromatic rings. The predicted molar refractivity (Wildman–Crippen MR) is 109 cm³/mol. The fraction of sp³-hybridized carbons (Fsp3) is 0. The molecule has 0 amide bonds. The zero-order valence-electron chi connectivity index (χ0n) is 13.6. The Balaban J connectivity index is 1.90. The Labute approximate surface area is 153 Å². The lowest BCUT2D eigenvalue weighted by atomic mass is 10.0. The Morgan fingerprint density at radius 3 is 1.88 bits per heavy atom. The first-order valence-corrected chi connectivity index (χ1v) is 8.37. The van der Waals surface area contributed by atoms with Crippen LogP contribution in [0.15, 0.2) is 84.9 Å². The van der Waals surface area contributed by atoms with Gasteiger partial charge in [-0.25, -0.2) is 0 Å². The molecule has 4 heteroatoms. The van der Waals surface area contributed by atoms with Crippen LogP contribution in [0.25, 0.3) is 22.9 Å². The molecule has 0 radical (unpaired) electrons. The lowest BCUT2D eigenvalue weighted by Gasteiger charge is -2.13. The number of nitrogens with one attached hydrogen (secondary N) is 2. The molecule has 0 aromatic heterocycles. The summed E-state index contributed by atoms with van der Waals surface area (Å²) < 4.78 is 0. The third-order valence-electron chi connectivity index (χ3n) is 3.73. The van der Waals surface area contributed by atoms with E-state index in [1.54, 1.807) is 0 Å². The van der Waals surface area contributed by atoms with Crippen LogP contribution < -0.4 is 16.6 Å². The smallest absolute Gasteiger partial charge is 0.182 e. The molecule has 0 aliphatic rings. The van der Waals surface area contributed by atoms with E-state index in [0.717, 1.165) is 16.8 Å². The number of thiocarbonyl (C=S) groups is 1. The Morgan fingerprint density at radius 2 is 1.28 bits per heavy atom. The highest BCUT2D eigenvalue weighted by molar-refractivity contribution is 7.80. The second-order valence-electron chi connectivity index (χ2n) is 5.53. The molecule has 0 unspecified atom stereocenters. The van der Waals surface area contributed by atoms with Crippen molar-refractivity contribution < 1.29 is 0 Å². The molecule has 3 rings (SSSR count). The fourth-order valence-electron chi connectivity index (χ4n) is 2.51. The Bertz CT molecular complexity index is 857. The molecule has 0 saturated heterocycles. The maximum Gasteiger partial charge on any atom is 0.182 e. The second-order valence-corrected chi connectivity index (χ2v) is 5.97. The lowest BCUT2D eigenvalue weighted by molar-refractivity contribution is 0.847. The van der Waals surface area contributed by atoms with E-state index < -0.39 is 0 Å². The van der Waals surface area contributed by atoms with Gasteiger partial charge < -0.3 is 5.73 Å². The van der Waals surface area contributed by atoms with Gasteiger partial charge in [0.25, 0.3) is 0 Å². The zero-order chi connectivity index (χ0) is 17.5. The summed E-state index contributed by atoms with van der Waals surface area (Å²) >= 11 is 4.89. The molecule has 0 aliphatic carbocycles. The van der Waals surface area contributed by atoms with E-state index in [2.05, 4.69) is 47.2 Å².